The molecule has 0 atom stereocenters. The minimum absolute atomic E-state index is 0. The maximum Gasteiger partial charge on any atom is 0.191 e. The van der Waals surface area contributed by atoms with Crippen LogP contribution in [0, 0.1) is 6.92 Å². The molecule has 22 heavy (non-hydrogen) atoms. The molecule has 1 aromatic heterocycles. The minimum atomic E-state index is 0. The van der Waals surface area contributed by atoms with E-state index in [9.17, 15) is 0 Å². The molecule has 1 aliphatic rings. The van der Waals surface area contributed by atoms with E-state index < -0.39 is 0 Å². The van der Waals surface area contributed by atoms with Crippen LogP contribution in [-0.4, -0.2) is 37.2 Å². The number of aliphatic imine (C=N–C) groups is 1. The van der Waals surface area contributed by atoms with Crippen molar-refractivity contribution < 1.29 is 4.74 Å². The Morgan fingerprint density at radius 2 is 2.18 bits per heavy atom. The lowest BCUT2D eigenvalue weighted by molar-refractivity contribution is 0.0574. The van der Waals surface area contributed by atoms with Gasteiger partial charge in [0.05, 0.1) is 12.6 Å². The van der Waals surface area contributed by atoms with E-state index in [2.05, 4.69) is 27.5 Å². The Kier molecular flexibility index (Phi) is 9.98. The van der Waals surface area contributed by atoms with E-state index in [1.54, 1.807) is 18.4 Å². The Labute approximate surface area is 154 Å². The highest BCUT2D eigenvalue weighted by molar-refractivity contribution is 14.0. The van der Waals surface area contributed by atoms with Crippen LogP contribution in [0.25, 0.3) is 0 Å². The van der Waals surface area contributed by atoms with Crippen LogP contribution >= 0.6 is 35.3 Å². The van der Waals surface area contributed by atoms with Crippen molar-refractivity contribution in [3.63, 3.8) is 0 Å². The van der Waals surface area contributed by atoms with Gasteiger partial charge >= 0.3 is 0 Å². The number of hydrogen-bond donors (Lipinski definition) is 2. The lowest BCUT2D eigenvalue weighted by atomic mass is 10.3. The molecule has 1 heterocycles. The second-order valence-electron chi connectivity index (χ2n) is 5.35. The molecular weight excluding hydrogens is 411 g/mol. The van der Waals surface area contributed by atoms with Crippen molar-refractivity contribution in [3.05, 3.63) is 16.1 Å². The zero-order chi connectivity index (χ0) is 14.9. The predicted molar refractivity (Wildman–Crippen MR) is 103 cm³/mol. The molecule has 1 saturated carbocycles. The summed E-state index contributed by atoms with van der Waals surface area (Å²) in [6.07, 6.45) is 8.56. The van der Waals surface area contributed by atoms with Crippen LogP contribution in [-0.2, 0) is 11.3 Å². The third kappa shape index (κ3) is 7.23. The van der Waals surface area contributed by atoms with Crippen LogP contribution in [0.15, 0.2) is 11.2 Å². The van der Waals surface area contributed by atoms with Gasteiger partial charge in [0.15, 0.2) is 5.96 Å². The Balaban J connectivity index is 0.00000242. The fourth-order valence-corrected chi connectivity index (χ4v) is 3.17. The molecule has 126 valence electrons. The Hall–Kier alpha value is -0.410. The maximum atomic E-state index is 5.84. The van der Waals surface area contributed by atoms with E-state index in [4.69, 9.17) is 4.74 Å². The number of thiazole rings is 1. The molecule has 2 N–H and O–H groups in total. The maximum absolute atomic E-state index is 5.84. The van der Waals surface area contributed by atoms with E-state index >= 15 is 0 Å². The summed E-state index contributed by atoms with van der Waals surface area (Å²) >= 11 is 1.71. The largest absolute Gasteiger partial charge is 0.378 e. The number of nitrogens with one attached hydrogen (secondary N) is 2. The summed E-state index contributed by atoms with van der Waals surface area (Å²) in [7, 11) is 1.79. The molecule has 1 fully saturated rings. The van der Waals surface area contributed by atoms with Crippen molar-refractivity contribution in [2.24, 2.45) is 4.99 Å². The summed E-state index contributed by atoms with van der Waals surface area (Å²) in [5, 5.41) is 7.67. The molecule has 0 bridgehead atoms. The smallest absolute Gasteiger partial charge is 0.191 e. The van der Waals surface area contributed by atoms with Crippen LogP contribution < -0.4 is 10.6 Å². The van der Waals surface area contributed by atoms with E-state index in [0.29, 0.717) is 6.10 Å². The number of guanidine groups is 1. The predicted octanol–water partition coefficient (Wildman–Crippen LogP) is 3.08. The highest BCUT2D eigenvalue weighted by Crippen LogP contribution is 2.20. The zero-order valence-electron chi connectivity index (χ0n) is 13.4. The molecule has 7 heteroatoms. The van der Waals surface area contributed by atoms with Crippen LogP contribution in [0.2, 0.25) is 0 Å². The quantitative estimate of drug-likeness (QED) is 0.297. The van der Waals surface area contributed by atoms with Crippen LogP contribution in [0.1, 0.15) is 42.0 Å². The van der Waals surface area contributed by atoms with Gasteiger partial charge in [0.2, 0.25) is 0 Å². The third-order valence-corrected chi connectivity index (χ3v) is 4.48. The second kappa shape index (κ2) is 11.2. The fraction of sp³-hybridized carbons (Fsp3) is 0.733. The van der Waals surface area contributed by atoms with Gasteiger partial charge in [-0.15, -0.1) is 35.3 Å². The molecule has 1 aliphatic carbocycles. The Bertz CT molecular complexity index is 447. The summed E-state index contributed by atoms with van der Waals surface area (Å²) in [6, 6.07) is 0. The van der Waals surface area contributed by atoms with Gasteiger partial charge in [0, 0.05) is 31.3 Å². The summed E-state index contributed by atoms with van der Waals surface area (Å²) in [4.78, 5) is 9.78. The SMILES string of the molecule is CN=C(NCCCOC1CCCC1)NCc1ncc(C)s1.I. The monoisotopic (exact) mass is 438 g/mol. The number of aryl methyl sites for hydroxylation is 1. The molecule has 0 aliphatic heterocycles. The first kappa shape index (κ1) is 19.6. The topological polar surface area (TPSA) is 58.5 Å². The third-order valence-electron chi connectivity index (χ3n) is 3.57. The number of aromatic nitrogens is 1. The molecule has 0 aromatic carbocycles. The van der Waals surface area contributed by atoms with E-state index in [-0.39, 0.29) is 24.0 Å². The lowest BCUT2D eigenvalue weighted by Crippen LogP contribution is -2.37. The molecule has 0 saturated heterocycles. The first-order valence-electron chi connectivity index (χ1n) is 7.75. The van der Waals surface area contributed by atoms with E-state index in [0.717, 1.165) is 37.1 Å². The highest BCUT2D eigenvalue weighted by Gasteiger charge is 2.14. The molecule has 0 radical (unpaired) electrons. The Morgan fingerprint density at radius 1 is 1.41 bits per heavy atom. The van der Waals surface area contributed by atoms with Gasteiger partial charge in [-0.2, -0.15) is 0 Å². The number of ether oxygens (including phenoxy) is 1. The summed E-state index contributed by atoms with van der Waals surface area (Å²) in [5.41, 5.74) is 0. The number of halogens is 1. The van der Waals surface area contributed by atoms with Crippen LogP contribution in [0.5, 0.6) is 0 Å². The lowest BCUT2D eigenvalue weighted by Gasteiger charge is -2.13. The van der Waals surface area contributed by atoms with Gasteiger partial charge in [-0.3, -0.25) is 4.99 Å². The van der Waals surface area contributed by atoms with Crippen LogP contribution in [0.4, 0.5) is 0 Å². The van der Waals surface area contributed by atoms with Gasteiger partial charge in [-0.05, 0) is 26.2 Å². The van der Waals surface area contributed by atoms with Gasteiger partial charge in [-0.25, -0.2) is 4.98 Å². The summed E-state index contributed by atoms with van der Waals surface area (Å²) in [5.74, 6) is 0.823. The van der Waals surface area contributed by atoms with Crippen molar-refractivity contribution >= 4 is 41.3 Å². The fourth-order valence-electron chi connectivity index (χ4n) is 2.45. The average Bonchev–Trinajstić information content (AvgIpc) is 3.13. The van der Waals surface area contributed by atoms with E-state index in [1.165, 1.54) is 30.6 Å². The van der Waals surface area contributed by atoms with Crippen molar-refractivity contribution in [2.75, 3.05) is 20.2 Å². The standard InChI is InChI=1S/C15H26N4OS.HI/c1-12-10-18-14(21-12)11-19-15(16-2)17-8-5-9-20-13-6-3-4-7-13;/h10,13H,3-9,11H2,1-2H3,(H2,16,17,19);1H. The highest BCUT2D eigenvalue weighted by atomic mass is 127. The van der Waals surface area contributed by atoms with Crippen LogP contribution in [0.3, 0.4) is 0 Å². The molecule has 0 unspecified atom stereocenters. The average molecular weight is 438 g/mol. The Morgan fingerprint density at radius 3 is 2.82 bits per heavy atom. The van der Waals surface area contributed by atoms with Crippen molar-refractivity contribution in [2.45, 2.75) is 51.7 Å². The number of hydrogen-bond acceptors (Lipinski definition) is 4. The van der Waals surface area contributed by atoms with Gasteiger partial charge < -0.3 is 15.4 Å². The molecule has 0 amide bonds. The second-order valence-corrected chi connectivity index (χ2v) is 6.67. The molecular formula is C15H27IN4OS. The van der Waals surface area contributed by atoms with Gasteiger partial charge in [0.1, 0.15) is 5.01 Å². The van der Waals surface area contributed by atoms with E-state index in [1.807, 2.05) is 6.20 Å². The molecule has 5 nitrogen and oxygen atoms in total. The summed E-state index contributed by atoms with van der Waals surface area (Å²) in [6.45, 7) is 4.50. The molecule has 1 aromatic rings. The normalized spacial score (nSPS) is 15.6. The van der Waals surface area contributed by atoms with Crippen molar-refractivity contribution in [3.8, 4) is 0 Å². The first-order valence-corrected chi connectivity index (χ1v) is 8.57. The van der Waals surface area contributed by atoms with Gasteiger partial charge in [0.25, 0.3) is 0 Å². The van der Waals surface area contributed by atoms with Crippen molar-refractivity contribution in [1.29, 1.82) is 0 Å². The minimum Gasteiger partial charge on any atom is -0.378 e. The zero-order valence-corrected chi connectivity index (χ0v) is 16.6. The van der Waals surface area contributed by atoms with Gasteiger partial charge in [-0.1, -0.05) is 12.8 Å². The molecule has 0 spiro atoms. The van der Waals surface area contributed by atoms with Crippen molar-refractivity contribution in [1.82, 2.24) is 15.6 Å². The number of nitrogens with zero attached hydrogens (tertiary/aromatic N) is 2. The molecule has 2 rings (SSSR count). The summed E-state index contributed by atoms with van der Waals surface area (Å²) < 4.78 is 5.84. The number of rotatable bonds is 7. The first-order chi connectivity index (χ1) is 10.3.